The maximum atomic E-state index is 12.9. The molecule has 0 atom stereocenters. The van der Waals surface area contributed by atoms with Crippen LogP contribution in [0.1, 0.15) is 43.6 Å². The SMILES string of the molecule is COC(=O)/C=C1/OC(c2ccc(C(=O)NC(C)(C)C3=CC(OC)(OC)OC3=O)cc2)=NC1(C)C. The van der Waals surface area contributed by atoms with Gasteiger partial charge in [0.2, 0.25) is 5.90 Å². The highest BCUT2D eigenvalue weighted by molar-refractivity contribution is 6.01. The van der Waals surface area contributed by atoms with Crippen LogP contribution in [0.25, 0.3) is 0 Å². The number of cyclic esters (lactones) is 1. The van der Waals surface area contributed by atoms with Gasteiger partial charge in [-0.3, -0.25) is 4.79 Å². The summed E-state index contributed by atoms with van der Waals surface area (Å²) in [4.78, 5) is 41.4. The van der Waals surface area contributed by atoms with Crippen LogP contribution in [-0.2, 0) is 33.3 Å². The number of methoxy groups -OCH3 is 3. The predicted octanol–water partition coefficient (Wildman–Crippen LogP) is 2.24. The molecular weight excluding hydrogens is 444 g/mol. The summed E-state index contributed by atoms with van der Waals surface area (Å²) >= 11 is 0. The van der Waals surface area contributed by atoms with E-state index in [9.17, 15) is 14.4 Å². The van der Waals surface area contributed by atoms with Gasteiger partial charge >= 0.3 is 17.9 Å². The second-order valence-corrected chi connectivity index (χ2v) is 8.73. The number of ether oxygens (including phenoxy) is 5. The van der Waals surface area contributed by atoms with Crippen molar-refractivity contribution >= 4 is 23.7 Å². The van der Waals surface area contributed by atoms with Crippen molar-refractivity contribution in [1.82, 2.24) is 5.32 Å². The zero-order valence-corrected chi connectivity index (χ0v) is 20.2. The van der Waals surface area contributed by atoms with Crippen molar-refractivity contribution in [2.24, 2.45) is 4.99 Å². The summed E-state index contributed by atoms with van der Waals surface area (Å²) in [5.41, 5.74) is -0.627. The lowest BCUT2D eigenvalue weighted by molar-refractivity contribution is -0.304. The molecule has 3 rings (SSSR count). The van der Waals surface area contributed by atoms with E-state index in [4.69, 9.17) is 18.9 Å². The van der Waals surface area contributed by atoms with Crippen LogP contribution >= 0.6 is 0 Å². The number of carbonyl (C=O) groups excluding carboxylic acids is 3. The van der Waals surface area contributed by atoms with Gasteiger partial charge in [-0.2, -0.15) is 0 Å². The zero-order chi connectivity index (χ0) is 25.3. The fourth-order valence-corrected chi connectivity index (χ4v) is 3.41. The molecule has 0 aliphatic carbocycles. The molecule has 10 nitrogen and oxygen atoms in total. The summed E-state index contributed by atoms with van der Waals surface area (Å²) in [6.07, 6.45) is 2.65. The number of esters is 2. The number of amides is 1. The molecular formula is C24H28N2O8. The molecule has 1 amide bonds. The van der Waals surface area contributed by atoms with E-state index in [1.54, 1.807) is 38.1 Å². The molecule has 0 saturated heterocycles. The van der Waals surface area contributed by atoms with Crippen LogP contribution in [-0.4, -0.2) is 62.1 Å². The lowest BCUT2D eigenvalue weighted by Gasteiger charge is -2.25. The minimum Gasteiger partial charge on any atom is -0.466 e. The van der Waals surface area contributed by atoms with Crippen molar-refractivity contribution in [3.8, 4) is 0 Å². The molecule has 0 bridgehead atoms. The number of hydrogen-bond donors (Lipinski definition) is 1. The molecule has 2 aliphatic rings. The largest absolute Gasteiger partial charge is 0.466 e. The Morgan fingerprint density at radius 3 is 2.24 bits per heavy atom. The van der Waals surface area contributed by atoms with E-state index < -0.39 is 34.9 Å². The van der Waals surface area contributed by atoms with Gasteiger partial charge in [0.05, 0.1) is 24.3 Å². The lowest BCUT2D eigenvalue weighted by atomic mass is 9.93. The minimum atomic E-state index is -1.62. The summed E-state index contributed by atoms with van der Waals surface area (Å²) in [6, 6.07) is 6.58. The first kappa shape index (κ1) is 25.1. The number of benzene rings is 1. The summed E-state index contributed by atoms with van der Waals surface area (Å²) in [6.45, 7) is 6.96. The number of carbonyl (C=O) groups is 3. The maximum absolute atomic E-state index is 12.9. The fraction of sp³-hybridized carbons (Fsp3) is 0.417. The van der Waals surface area contributed by atoms with Crippen molar-refractivity contribution in [2.75, 3.05) is 21.3 Å². The molecule has 0 fully saturated rings. The Bertz CT molecular complexity index is 1090. The van der Waals surface area contributed by atoms with Gasteiger partial charge in [0.15, 0.2) is 0 Å². The third-order valence-corrected chi connectivity index (χ3v) is 5.48. The lowest BCUT2D eigenvalue weighted by Crippen LogP contribution is -2.46. The average molecular weight is 472 g/mol. The molecule has 0 radical (unpaired) electrons. The second kappa shape index (κ2) is 9.03. The molecule has 0 saturated carbocycles. The molecule has 10 heteroatoms. The van der Waals surface area contributed by atoms with Crippen LogP contribution in [0.15, 0.2) is 52.7 Å². The van der Waals surface area contributed by atoms with Gasteiger partial charge in [0.1, 0.15) is 11.3 Å². The molecule has 1 aromatic carbocycles. The number of nitrogens with one attached hydrogen (secondary N) is 1. The molecule has 2 aliphatic heterocycles. The van der Waals surface area contributed by atoms with Gasteiger partial charge < -0.3 is 29.0 Å². The molecule has 0 aromatic heterocycles. The summed E-state index contributed by atoms with van der Waals surface area (Å²) < 4.78 is 25.9. The van der Waals surface area contributed by atoms with Crippen molar-refractivity contribution in [3.63, 3.8) is 0 Å². The average Bonchev–Trinajstić information content (AvgIpc) is 3.30. The predicted molar refractivity (Wildman–Crippen MR) is 121 cm³/mol. The molecule has 0 unspecified atom stereocenters. The first-order valence-corrected chi connectivity index (χ1v) is 10.4. The number of aliphatic imine (C=N–C) groups is 1. The first-order valence-electron chi connectivity index (χ1n) is 10.4. The van der Waals surface area contributed by atoms with Crippen molar-refractivity contribution in [3.05, 3.63) is 58.9 Å². The van der Waals surface area contributed by atoms with Crippen molar-refractivity contribution in [2.45, 2.75) is 44.7 Å². The Kier molecular flexibility index (Phi) is 6.68. The quantitative estimate of drug-likeness (QED) is 0.364. The number of hydrogen-bond acceptors (Lipinski definition) is 9. The molecule has 34 heavy (non-hydrogen) atoms. The minimum absolute atomic E-state index is 0.196. The highest BCUT2D eigenvalue weighted by Crippen LogP contribution is 2.33. The summed E-state index contributed by atoms with van der Waals surface area (Å²) in [5, 5.41) is 2.83. The molecule has 182 valence electrons. The van der Waals surface area contributed by atoms with Crippen LogP contribution in [0.3, 0.4) is 0 Å². The fourth-order valence-electron chi connectivity index (χ4n) is 3.41. The molecule has 1 N–H and O–H groups in total. The van der Waals surface area contributed by atoms with Crippen LogP contribution in [0.4, 0.5) is 0 Å². The van der Waals surface area contributed by atoms with Gasteiger partial charge in [0, 0.05) is 31.4 Å². The first-order chi connectivity index (χ1) is 15.9. The van der Waals surface area contributed by atoms with E-state index in [2.05, 4.69) is 15.0 Å². The Hall–Kier alpha value is -3.50. The van der Waals surface area contributed by atoms with Gasteiger partial charge in [-0.05, 0) is 52.0 Å². The smallest absolute Gasteiger partial charge is 0.351 e. The Balaban J connectivity index is 1.76. The van der Waals surface area contributed by atoms with E-state index in [-0.39, 0.29) is 5.57 Å². The number of nitrogens with zero attached hydrogens (tertiary/aromatic N) is 1. The molecule has 2 heterocycles. The zero-order valence-electron chi connectivity index (χ0n) is 20.2. The third-order valence-electron chi connectivity index (χ3n) is 5.48. The monoisotopic (exact) mass is 472 g/mol. The maximum Gasteiger partial charge on any atom is 0.351 e. The van der Waals surface area contributed by atoms with Crippen LogP contribution < -0.4 is 5.32 Å². The van der Waals surface area contributed by atoms with Gasteiger partial charge in [0.25, 0.3) is 5.91 Å². The Morgan fingerprint density at radius 1 is 1.09 bits per heavy atom. The van der Waals surface area contributed by atoms with Gasteiger partial charge in [-0.1, -0.05) is 0 Å². The number of rotatable bonds is 7. The second-order valence-electron chi connectivity index (χ2n) is 8.73. The van der Waals surface area contributed by atoms with Crippen LogP contribution in [0, 0.1) is 0 Å². The van der Waals surface area contributed by atoms with E-state index in [0.29, 0.717) is 22.8 Å². The standard InChI is InChI=1S/C24H28N2O8/c1-22(2,16-13-24(31-6,32-7)34-21(16)29)25-19(28)14-8-10-15(11-9-14)20-26-23(3,4)17(33-20)12-18(27)30-5/h8-13H,1-7H3,(H,25,28)/b17-12+. The summed E-state index contributed by atoms with van der Waals surface area (Å²) in [5.74, 6) is -2.53. The molecule has 0 spiro atoms. The highest BCUT2D eigenvalue weighted by Gasteiger charge is 2.46. The highest BCUT2D eigenvalue weighted by atomic mass is 16.9. The third kappa shape index (κ3) is 4.87. The van der Waals surface area contributed by atoms with E-state index in [1.165, 1.54) is 33.5 Å². The van der Waals surface area contributed by atoms with E-state index in [0.717, 1.165) is 0 Å². The Labute approximate surface area is 197 Å². The topological polar surface area (TPSA) is 122 Å². The van der Waals surface area contributed by atoms with Crippen LogP contribution in [0.2, 0.25) is 0 Å². The van der Waals surface area contributed by atoms with E-state index in [1.807, 2.05) is 13.8 Å². The molecule has 1 aromatic rings. The summed E-state index contributed by atoms with van der Waals surface area (Å²) in [7, 11) is 3.97. The van der Waals surface area contributed by atoms with Crippen molar-refractivity contribution in [1.29, 1.82) is 0 Å². The van der Waals surface area contributed by atoms with Crippen LogP contribution in [0.5, 0.6) is 0 Å². The van der Waals surface area contributed by atoms with Gasteiger partial charge in [-0.15, -0.1) is 0 Å². The normalized spacial score (nSPS) is 19.7. The van der Waals surface area contributed by atoms with Gasteiger partial charge in [-0.25, -0.2) is 14.6 Å². The van der Waals surface area contributed by atoms with E-state index >= 15 is 0 Å². The van der Waals surface area contributed by atoms with Crippen molar-refractivity contribution < 1.29 is 38.1 Å². The Morgan fingerprint density at radius 2 is 1.71 bits per heavy atom.